The molecule has 0 unspecified atom stereocenters. The standard InChI is InChI=1S/C12H20N2O/c1-12(2,3)14-7-6-11(13-14)9-4-5-10(15)8-9/h6-7,9-10,15H,4-5,8H2,1-3H3/t9-,10+/m1/s1. The first-order valence-corrected chi connectivity index (χ1v) is 5.71. The van der Waals surface area contributed by atoms with Crippen molar-refractivity contribution in [2.75, 3.05) is 0 Å². The van der Waals surface area contributed by atoms with Gasteiger partial charge in [0.2, 0.25) is 0 Å². The van der Waals surface area contributed by atoms with Gasteiger partial charge >= 0.3 is 0 Å². The third-order valence-corrected chi connectivity index (χ3v) is 3.12. The second kappa shape index (κ2) is 3.63. The van der Waals surface area contributed by atoms with E-state index in [1.165, 1.54) is 0 Å². The lowest BCUT2D eigenvalue weighted by atomic mass is 10.0. The van der Waals surface area contributed by atoms with Crippen LogP contribution in [0.1, 0.15) is 51.6 Å². The van der Waals surface area contributed by atoms with Crippen LogP contribution in [0.4, 0.5) is 0 Å². The van der Waals surface area contributed by atoms with Crippen LogP contribution in [0.2, 0.25) is 0 Å². The monoisotopic (exact) mass is 208 g/mol. The van der Waals surface area contributed by atoms with Gasteiger partial charge in [0.15, 0.2) is 0 Å². The second-order valence-corrected chi connectivity index (χ2v) is 5.52. The Morgan fingerprint density at radius 3 is 2.60 bits per heavy atom. The van der Waals surface area contributed by atoms with Gasteiger partial charge in [-0.25, -0.2) is 0 Å². The largest absolute Gasteiger partial charge is 0.393 e. The van der Waals surface area contributed by atoms with Gasteiger partial charge in [0.1, 0.15) is 0 Å². The van der Waals surface area contributed by atoms with Crippen molar-refractivity contribution >= 4 is 0 Å². The van der Waals surface area contributed by atoms with E-state index in [9.17, 15) is 5.11 Å². The minimum absolute atomic E-state index is 0.0511. The van der Waals surface area contributed by atoms with E-state index < -0.39 is 0 Å². The smallest absolute Gasteiger partial charge is 0.0656 e. The minimum Gasteiger partial charge on any atom is -0.393 e. The number of aliphatic hydroxyl groups excluding tert-OH is 1. The van der Waals surface area contributed by atoms with Crippen LogP contribution in [-0.4, -0.2) is 21.0 Å². The molecule has 3 heteroatoms. The van der Waals surface area contributed by atoms with Crippen molar-refractivity contribution in [3.05, 3.63) is 18.0 Å². The summed E-state index contributed by atoms with van der Waals surface area (Å²) in [5, 5.41) is 14.1. The molecule has 1 aliphatic rings. The molecule has 84 valence electrons. The summed E-state index contributed by atoms with van der Waals surface area (Å²) in [6.07, 6.45) is 4.80. The molecule has 1 heterocycles. The molecule has 0 bridgehead atoms. The molecular formula is C12H20N2O. The molecule has 0 aromatic carbocycles. The molecule has 1 aliphatic carbocycles. The third-order valence-electron chi connectivity index (χ3n) is 3.12. The summed E-state index contributed by atoms with van der Waals surface area (Å²) in [6, 6.07) is 2.09. The summed E-state index contributed by atoms with van der Waals surface area (Å²) in [5.41, 5.74) is 1.19. The fourth-order valence-corrected chi connectivity index (χ4v) is 2.16. The van der Waals surface area contributed by atoms with Crippen LogP contribution in [-0.2, 0) is 5.54 Å². The first-order chi connectivity index (χ1) is 6.97. The first kappa shape index (κ1) is 10.7. The van der Waals surface area contributed by atoms with Gasteiger partial charge in [0.25, 0.3) is 0 Å². The Kier molecular flexibility index (Phi) is 2.59. The third kappa shape index (κ3) is 2.23. The van der Waals surface area contributed by atoms with Crippen LogP contribution in [0.5, 0.6) is 0 Å². The maximum absolute atomic E-state index is 9.49. The van der Waals surface area contributed by atoms with Crippen molar-refractivity contribution in [1.82, 2.24) is 9.78 Å². The molecule has 15 heavy (non-hydrogen) atoms. The Labute approximate surface area is 91.1 Å². The predicted molar refractivity (Wildman–Crippen MR) is 59.8 cm³/mol. The number of hydrogen-bond donors (Lipinski definition) is 1. The van der Waals surface area contributed by atoms with Crippen LogP contribution >= 0.6 is 0 Å². The quantitative estimate of drug-likeness (QED) is 0.768. The minimum atomic E-state index is -0.116. The molecule has 0 spiro atoms. The topological polar surface area (TPSA) is 38.0 Å². The molecule has 1 aromatic rings. The van der Waals surface area contributed by atoms with Crippen LogP contribution in [0.3, 0.4) is 0 Å². The van der Waals surface area contributed by atoms with Gasteiger partial charge in [-0.2, -0.15) is 5.10 Å². The predicted octanol–water partition coefficient (Wildman–Crippen LogP) is 2.27. The second-order valence-electron chi connectivity index (χ2n) is 5.52. The Morgan fingerprint density at radius 2 is 2.13 bits per heavy atom. The van der Waals surface area contributed by atoms with E-state index in [0.717, 1.165) is 25.0 Å². The molecule has 0 saturated heterocycles. The van der Waals surface area contributed by atoms with E-state index in [-0.39, 0.29) is 11.6 Å². The van der Waals surface area contributed by atoms with Gasteiger partial charge in [0.05, 0.1) is 17.3 Å². The zero-order valence-corrected chi connectivity index (χ0v) is 9.77. The van der Waals surface area contributed by atoms with Gasteiger partial charge < -0.3 is 5.11 Å². The highest BCUT2D eigenvalue weighted by molar-refractivity contribution is 5.09. The number of aromatic nitrogens is 2. The lowest BCUT2D eigenvalue weighted by Crippen LogP contribution is -2.22. The Balaban J connectivity index is 2.14. The van der Waals surface area contributed by atoms with Crippen molar-refractivity contribution in [3.63, 3.8) is 0 Å². The van der Waals surface area contributed by atoms with Crippen LogP contribution in [0.25, 0.3) is 0 Å². The highest BCUT2D eigenvalue weighted by Crippen LogP contribution is 2.33. The summed E-state index contributed by atoms with van der Waals surface area (Å²) in [4.78, 5) is 0. The average molecular weight is 208 g/mol. The average Bonchev–Trinajstić information content (AvgIpc) is 2.69. The molecule has 1 N–H and O–H groups in total. The van der Waals surface area contributed by atoms with Gasteiger partial charge in [-0.1, -0.05) is 0 Å². The number of aliphatic hydroxyl groups is 1. The summed E-state index contributed by atoms with van der Waals surface area (Å²) in [7, 11) is 0. The summed E-state index contributed by atoms with van der Waals surface area (Å²) in [5.74, 6) is 0.462. The molecule has 1 aromatic heterocycles. The van der Waals surface area contributed by atoms with E-state index >= 15 is 0 Å². The van der Waals surface area contributed by atoms with E-state index in [1.807, 2.05) is 10.9 Å². The molecule has 1 fully saturated rings. The van der Waals surface area contributed by atoms with Gasteiger partial charge in [0, 0.05) is 12.1 Å². The highest BCUT2D eigenvalue weighted by atomic mass is 16.3. The van der Waals surface area contributed by atoms with Crippen molar-refractivity contribution < 1.29 is 5.11 Å². The number of nitrogens with zero attached hydrogens (tertiary/aromatic N) is 2. The van der Waals surface area contributed by atoms with Crippen LogP contribution < -0.4 is 0 Å². The SMILES string of the molecule is CC(C)(C)n1ccc([C@@H]2CC[C@H](O)C2)n1. The summed E-state index contributed by atoms with van der Waals surface area (Å²) < 4.78 is 2.01. The van der Waals surface area contributed by atoms with E-state index in [1.54, 1.807) is 0 Å². The van der Waals surface area contributed by atoms with Crippen molar-refractivity contribution in [3.8, 4) is 0 Å². The molecule has 0 radical (unpaired) electrons. The molecule has 3 nitrogen and oxygen atoms in total. The normalized spacial score (nSPS) is 27.2. The van der Waals surface area contributed by atoms with Gasteiger partial charge in [-0.15, -0.1) is 0 Å². The van der Waals surface area contributed by atoms with E-state index in [2.05, 4.69) is 31.9 Å². The van der Waals surface area contributed by atoms with E-state index in [4.69, 9.17) is 0 Å². The van der Waals surface area contributed by atoms with Crippen molar-refractivity contribution in [2.45, 2.75) is 57.6 Å². The molecule has 0 amide bonds. The van der Waals surface area contributed by atoms with Crippen molar-refractivity contribution in [2.24, 2.45) is 0 Å². The fraction of sp³-hybridized carbons (Fsp3) is 0.750. The lowest BCUT2D eigenvalue weighted by Gasteiger charge is -2.19. The Morgan fingerprint density at radius 1 is 1.40 bits per heavy atom. The fourth-order valence-electron chi connectivity index (χ4n) is 2.16. The molecule has 2 rings (SSSR count). The van der Waals surface area contributed by atoms with Gasteiger partial charge in [-0.05, 0) is 46.1 Å². The highest BCUT2D eigenvalue weighted by Gasteiger charge is 2.26. The maximum atomic E-state index is 9.49. The summed E-state index contributed by atoms with van der Waals surface area (Å²) >= 11 is 0. The van der Waals surface area contributed by atoms with Crippen LogP contribution in [0.15, 0.2) is 12.3 Å². The van der Waals surface area contributed by atoms with Crippen LogP contribution in [0, 0.1) is 0 Å². The zero-order valence-electron chi connectivity index (χ0n) is 9.77. The maximum Gasteiger partial charge on any atom is 0.0656 e. The van der Waals surface area contributed by atoms with Crippen molar-refractivity contribution in [1.29, 1.82) is 0 Å². The Bertz CT molecular complexity index is 338. The molecule has 1 saturated carbocycles. The number of rotatable bonds is 1. The lowest BCUT2D eigenvalue weighted by molar-refractivity contribution is 0.181. The molecule has 2 atom stereocenters. The number of hydrogen-bond acceptors (Lipinski definition) is 2. The Hall–Kier alpha value is -0.830. The van der Waals surface area contributed by atoms with Gasteiger partial charge in [-0.3, -0.25) is 4.68 Å². The first-order valence-electron chi connectivity index (χ1n) is 5.71. The zero-order chi connectivity index (χ0) is 11.1. The van der Waals surface area contributed by atoms with E-state index in [0.29, 0.717) is 5.92 Å². The molecular weight excluding hydrogens is 188 g/mol. The summed E-state index contributed by atoms with van der Waals surface area (Å²) in [6.45, 7) is 6.44. The molecule has 0 aliphatic heterocycles.